The Morgan fingerprint density at radius 3 is 2.80 bits per heavy atom. The SMILES string of the molecule is Cc1cc(NC(=O)c2c[nH]c3ccccc23)ccc1F. The standard InChI is InChI=1S/C16H13FN2O/c1-10-8-11(6-7-14(10)17)19-16(20)13-9-18-15-5-3-2-4-12(13)15/h2-9,18H,1H3,(H,19,20). The lowest BCUT2D eigenvalue weighted by molar-refractivity contribution is 0.102. The van der Waals surface area contributed by atoms with E-state index in [1.165, 1.54) is 6.07 Å². The number of nitrogens with one attached hydrogen (secondary N) is 2. The van der Waals surface area contributed by atoms with Crippen molar-refractivity contribution >= 4 is 22.5 Å². The lowest BCUT2D eigenvalue weighted by Crippen LogP contribution is -2.11. The Kier molecular flexibility index (Phi) is 2.99. The van der Waals surface area contributed by atoms with Crippen molar-refractivity contribution in [3.05, 3.63) is 65.6 Å². The number of halogens is 1. The average Bonchev–Trinajstić information content (AvgIpc) is 2.87. The molecule has 0 unspecified atom stereocenters. The van der Waals surface area contributed by atoms with Gasteiger partial charge in [-0.15, -0.1) is 0 Å². The Labute approximate surface area is 115 Å². The zero-order valence-electron chi connectivity index (χ0n) is 10.9. The maximum Gasteiger partial charge on any atom is 0.257 e. The van der Waals surface area contributed by atoms with Crippen LogP contribution in [-0.2, 0) is 0 Å². The fraction of sp³-hybridized carbons (Fsp3) is 0.0625. The average molecular weight is 268 g/mol. The first-order chi connectivity index (χ1) is 9.65. The largest absolute Gasteiger partial charge is 0.360 e. The Hall–Kier alpha value is -2.62. The van der Waals surface area contributed by atoms with Gasteiger partial charge >= 0.3 is 0 Å². The van der Waals surface area contributed by atoms with Crippen LogP contribution in [0.3, 0.4) is 0 Å². The highest BCUT2D eigenvalue weighted by atomic mass is 19.1. The maximum absolute atomic E-state index is 13.2. The summed E-state index contributed by atoms with van der Waals surface area (Å²) in [5, 5.41) is 3.64. The molecule has 2 aromatic carbocycles. The quantitative estimate of drug-likeness (QED) is 0.728. The monoisotopic (exact) mass is 268 g/mol. The van der Waals surface area contributed by atoms with Crippen LogP contribution in [0.25, 0.3) is 10.9 Å². The summed E-state index contributed by atoms with van der Waals surface area (Å²) in [4.78, 5) is 15.3. The van der Waals surface area contributed by atoms with E-state index >= 15 is 0 Å². The summed E-state index contributed by atoms with van der Waals surface area (Å²) in [7, 11) is 0. The molecule has 0 spiro atoms. The molecule has 3 rings (SSSR count). The molecule has 1 aromatic heterocycles. The number of fused-ring (bicyclic) bond motifs is 1. The van der Waals surface area contributed by atoms with Gasteiger partial charge in [-0.25, -0.2) is 4.39 Å². The molecule has 3 nitrogen and oxygen atoms in total. The number of hydrogen-bond acceptors (Lipinski definition) is 1. The third-order valence-electron chi connectivity index (χ3n) is 3.25. The molecule has 0 atom stereocenters. The van der Waals surface area contributed by atoms with Crippen LogP contribution >= 0.6 is 0 Å². The molecule has 0 saturated heterocycles. The predicted molar refractivity (Wildman–Crippen MR) is 77.4 cm³/mol. The molecule has 2 N–H and O–H groups in total. The smallest absolute Gasteiger partial charge is 0.257 e. The van der Waals surface area contributed by atoms with E-state index in [4.69, 9.17) is 0 Å². The van der Waals surface area contributed by atoms with Gasteiger partial charge in [0.05, 0.1) is 5.56 Å². The fourth-order valence-electron chi connectivity index (χ4n) is 2.18. The van der Waals surface area contributed by atoms with E-state index in [2.05, 4.69) is 10.3 Å². The zero-order valence-corrected chi connectivity index (χ0v) is 10.9. The number of aromatic nitrogens is 1. The number of aryl methyl sites for hydroxylation is 1. The van der Waals surface area contributed by atoms with Gasteiger partial charge in [-0.2, -0.15) is 0 Å². The van der Waals surface area contributed by atoms with Crippen LogP contribution in [0, 0.1) is 12.7 Å². The minimum atomic E-state index is -0.282. The van der Waals surface area contributed by atoms with Crippen molar-refractivity contribution in [3.63, 3.8) is 0 Å². The van der Waals surface area contributed by atoms with E-state index in [0.29, 0.717) is 16.8 Å². The van der Waals surface area contributed by atoms with E-state index in [1.807, 2.05) is 24.3 Å². The number of rotatable bonds is 2. The van der Waals surface area contributed by atoms with Crippen LogP contribution in [0.1, 0.15) is 15.9 Å². The topological polar surface area (TPSA) is 44.9 Å². The number of carbonyl (C=O) groups excluding carboxylic acids is 1. The van der Waals surface area contributed by atoms with Gasteiger partial charge in [0.25, 0.3) is 5.91 Å². The Bertz CT molecular complexity index is 792. The summed E-state index contributed by atoms with van der Waals surface area (Å²) in [6.45, 7) is 1.66. The van der Waals surface area contributed by atoms with Crippen LogP contribution in [-0.4, -0.2) is 10.9 Å². The summed E-state index contributed by atoms with van der Waals surface area (Å²) in [5.41, 5.74) is 2.57. The van der Waals surface area contributed by atoms with Crippen molar-refractivity contribution in [1.29, 1.82) is 0 Å². The predicted octanol–water partition coefficient (Wildman–Crippen LogP) is 3.87. The molecule has 1 heterocycles. The van der Waals surface area contributed by atoms with Gasteiger partial charge in [-0.05, 0) is 36.8 Å². The molecule has 0 fully saturated rings. The van der Waals surface area contributed by atoms with Gasteiger partial charge in [0.15, 0.2) is 0 Å². The molecule has 100 valence electrons. The Morgan fingerprint density at radius 1 is 1.20 bits per heavy atom. The van der Waals surface area contributed by atoms with E-state index < -0.39 is 0 Å². The first kappa shape index (κ1) is 12.4. The number of amides is 1. The molecule has 1 amide bonds. The highest BCUT2D eigenvalue weighted by molar-refractivity contribution is 6.12. The summed E-state index contributed by atoms with van der Waals surface area (Å²) < 4.78 is 13.2. The summed E-state index contributed by atoms with van der Waals surface area (Å²) in [6.07, 6.45) is 1.68. The molecular weight excluding hydrogens is 255 g/mol. The minimum absolute atomic E-state index is 0.214. The van der Waals surface area contributed by atoms with Gasteiger partial charge in [0.2, 0.25) is 0 Å². The molecule has 0 aliphatic carbocycles. The number of hydrogen-bond donors (Lipinski definition) is 2. The van der Waals surface area contributed by atoms with Crippen molar-refractivity contribution in [1.82, 2.24) is 4.98 Å². The molecule has 0 bridgehead atoms. The van der Waals surface area contributed by atoms with Crippen molar-refractivity contribution in [2.24, 2.45) is 0 Å². The first-order valence-corrected chi connectivity index (χ1v) is 6.29. The van der Waals surface area contributed by atoms with Gasteiger partial charge in [0.1, 0.15) is 5.82 Å². The number of benzene rings is 2. The van der Waals surface area contributed by atoms with Crippen LogP contribution in [0.15, 0.2) is 48.7 Å². The molecule has 0 saturated carbocycles. The summed E-state index contributed by atoms with van der Waals surface area (Å²) >= 11 is 0. The minimum Gasteiger partial charge on any atom is -0.360 e. The van der Waals surface area contributed by atoms with E-state index in [9.17, 15) is 9.18 Å². The number of H-pyrrole nitrogens is 1. The van der Waals surface area contributed by atoms with Crippen LogP contribution < -0.4 is 5.32 Å². The normalized spacial score (nSPS) is 10.7. The number of carbonyl (C=O) groups is 1. The van der Waals surface area contributed by atoms with Gasteiger partial charge < -0.3 is 10.3 Å². The van der Waals surface area contributed by atoms with Crippen molar-refractivity contribution in [3.8, 4) is 0 Å². The third kappa shape index (κ3) is 2.16. The Morgan fingerprint density at radius 2 is 2.00 bits per heavy atom. The zero-order chi connectivity index (χ0) is 14.1. The molecule has 0 radical (unpaired) electrons. The van der Waals surface area contributed by atoms with Gasteiger partial charge in [-0.3, -0.25) is 4.79 Å². The third-order valence-corrected chi connectivity index (χ3v) is 3.25. The maximum atomic E-state index is 13.2. The van der Waals surface area contributed by atoms with Gasteiger partial charge in [0, 0.05) is 22.8 Å². The summed E-state index contributed by atoms with van der Waals surface area (Å²) in [5.74, 6) is -0.497. The first-order valence-electron chi connectivity index (χ1n) is 6.29. The molecule has 0 aliphatic rings. The van der Waals surface area contributed by atoms with Crippen molar-refractivity contribution < 1.29 is 9.18 Å². The lowest BCUT2D eigenvalue weighted by atomic mass is 10.1. The Balaban J connectivity index is 1.91. The second-order valence-electron chi connectivity index (χ2n) is 4.67. The fourth-order valence-corrected chi connectivity index (χ4v) is 2.18. The highest BCUT2D eigenvalue weighted by Gasteiger charge is 2.12. The van der Waals surface area contributed by atoms with E-state index in [1.54, 1.807) is 25.3 Å². The molecule has 20 heavy (non-hydrogen) atoms. The highest BCUT2D eigenvalue weighted by Crippen LogP contribution is 2.20. The van der Waals surface area contributed by atoms with Crippen molar-refractivity contribution in [2.75, 3.05) is 5.32 Å². The number of para-hydroxylation sites is 1. The number of anilines is 1. The molecular formula is C16H13FN2O. The van der Waals surface area contributed by atoms with Crippen LogP contribution in [0.4, 0.5) is 10.1 Å². The van der Waals surface area contributed by atoms with Crippen LogP contribution in [0.5, 0.6) is 0 Å². The lowest BCUT2D eigenvalue weighted by Gasteiger charge is -2.06. The number of aromatic amines is 1. The molecule has 4 heteroatoms. The van der Waals surface area contributed by atoms with Crippen molar-refractivity contribution in [2.45, 2.75) is 6.92 Å². The van der Waals surface area contributed by atoms with Gasteiger partial charge in [-0.1, -0.05) is 18.2 Å². The van der Waals surface area contributed by atoms with E-state index in [0.717, 1.165) is 10.9 Å². The molecule has 0 aliphatic heterocycles. The second kappa shape index (κ2) is 4.81. The second-order valence-corrected chi connectivity index (χ2v) is 4.67. The van der Waals surface area contributed by atoms with E-state index in [-0.39, 0.29) is 11.7 Å². The molecule has 3 aromatic rings. The van der Waals surface area contributed by atoms with Crippen LogP contribution in [0.2, 0.25) is 0 Å². The summed E-state index contributed by atoms with van der Waals surface area (Å²) in [6, 6.07) is 12.1.